The normalized spacial score (nSPS) is 12.8. The van der Waals surface area contributed by atoms with Crippen molar-refractivity contribution in [3.05, 3.63) is 90.0 Å². The van der Waals surface area contributed by atoms with Crippen molar-refractivity contribution >= 4 is 35.0 Å². The number of rotatable bonds is 7. The second-order valence-electron chi connectivity index (χ2n) is 8.00. The van der Waals surface area contributed by atoms with Crippen molar-refractivity contribution in [2.75, 3.05) is 15.6 Å². The fraction of sp³-hybridized carbons (Fsp3) is 0.115. The molecule has 1 heterocycles. The van der Waals surface area contributed by atoms with Gasteiger partial charge in [-0.3, -0.25) is 5.43 Å². The summed E-state index contributed by atoms with van der Waals surface area (Å²) in [5, 5.41) is 23.1. The van der Waals surface area contributed by atoms with Gasteiger partial charge in [0.1, 0.15) is 17.2 Å². The van der Waals surface area contributed by atoms with E-state index in [1.807, 2.05) is 0 Å². The van der Waals surface area contributed by atoms with E-state index in [0.717, 1.165) is 0 Å². The summed E-state index contributed by atoms with van der Waals surface area (Å²) in [6.07, 6.45) is -0.881. The molecule has 0 radical (unpaired) electrons. The molecule has 36 heavy (non-hydrogen) atoms. The lowest BCUT2D eigenvalue weighted by molar-refractivity contribution is -0.143. The summed E-state index contributed by atoms with van der Waals surface area (Å²) in [5.41, 5.74) is 4.75. The van der Waals surface area contributed by atoms with Crippen molar-refractivity contribution in [3.8, 4) is 11.5 Å². The molecule has 0 amide bonds. The van der Waals surface area contributed by atoms with Gasteiger partial charge < -0.3 is 19.7 Å². The number of carbonyl (C=O) groups excluding carboxylic acids is 2. The van der Waals surface area contributed by atoms with Crippen LogP contribution >= 0.6 is 0 Å². The van der Waals surface area contributed by atoms with Gasteiger partial charge >= 0.3 is 17.9 Å². The Balaban J connectivity index is 1.65. The summed E-state index contributed by atoms with van der Waals surface area (Å²) in [6, 6.07) is 17.1. The fourth-order valence-electron chi connectivity index (χ4n) is 3.56. The maximum Gasteiger partial charge on any atom is 0.343 e. The molecule has 1 aliphatic heterocycles. The number of carboxylic acid groups (broad SMARTS) is 1. The molecule has 184 valence electrons. The minimum absolute atomic E-state index is 0.0435. The van der Waals surface area contributed by atoms with Crippen molar-refractivity contribution in [3.63, 3.8) is 0 Å². The average Bonchev–Trinajstić information content (AvgIpc) is 3.23. The molecule has 0 saturated carbocycles. The Morgan fingerprint density at radius 3 is 2.31 bits per heavy atom. The van der Waals surface area contributed by atoms with Crippen LogP contribution < -0.4 is 20.3 Å². The van der Waals surface area contributed by atoms with Crippen LogP contribution in [0.1, 0.15) is 34.6 Å². The van der Waals surface area contributed by atoms with Gasteiger partial charge in [0.05, 0.1) is 22.5 Å². The lowest BCUT2D eigenvalue weighted by Gasteiger charge is -2.35. The van der Waals surface area contributed by atoms with Crippen LogP contribution in [0.15, 0.2) is 78.9 Å². The van der Waals surface area contributed by atoms with Crippen LogP contribution in [0.5, 0.6) is 11.5 Å². The molecule has 3 aromatic carbocycles. The maximum atomic E-state index is 12.4. The zero-order chi connectivity index (χ0) is 26.0. The van der Waals surface area contributed by atoms with Crippen molar-refractivity contribution in [2.24, 2.45) is 0 Å². The Labute approximate surface area is 206 Å². The van der Waals surface area contributed by atoms with E-state index in [2.05, 4.69) is 12.0 Å². The number of phenols is 1. The number of esters is 2. The maximum absolute atomic E-state index is 12.4. The Kier molecular flexibility index (Phi) is 6.51. The van der Waals surface area contributed by atoms with Crippen LogP contribution in [0.4, 0.5) is 17.1 Å². The third-order valence-electron chi connectivity index (χ3n) is 5.30. The third kappa shape index (κ3) is 4.78. The van der Waals surface area contributed by atoms with E-state index in [-0.39, 0.29) is 28.3 Å². The smallest absolute Gasteiger partial charge is 0.343 e. The number of aromatic hydroxyl groups is 1. The van der Waals surface area contributed by atoms with E-state index in [0.29, 0.717) is 16.9 Å². The van der Waals surface area contributed by atoms with E-state index < -0.39 is 24.1 Å². The Morgan fingerprint density at radius 1 is 0.972 bits per heavy atom. The Morgan fingerprint density at radius 2 is 1.67 bits per heavy atom. The van der Waals surface area contributed by atoms with Gasteiger partial charge in [-0.2, -0.15) is 5.12 Å². The second kappa shape index (κ2) is 9.71. The number of hydrogen-bond acceptors (Lipinski definition) is 9. The van der Waals surface area contributed by atoms with Crippen LogP contribution in [0.3, 0.4) is 0 Å². The fourth-order valence-corrected chi connectivity index (χ4v) is 3.56. The highest BCUT2D eigenvalue weighted by atomic mass is 16.6. The Bertz CT molecular complexity index is 1360. The van der Waals surface area contributed by atoms with Gasteiger partial charge in [-0.05, 0) is 56.3 Å². The first kappa shape index (κ1) is 24.1. The number of hydrazine groups is 2. The minimum atomic E-state index is -1.11. The van der Waals surface area contributed by atoms with Gasteiger partial charge in [0, 0.05) is 11.6 Å². The number of nitrogens with one attached hydrogen (secondary N) is 1. The van der Waals surface area contributed by atoms with E-state index in [1.54, 1.807) is 43.3 Å². The van der Waals surface area contributed by atoms with E-state index >= 15 is 0 Å². The zero-order valence-electron chi connectivity index (χ0n) is 19.5. The van der Waals surface area contributed by atoms with Crippen molar-refractivity contribution < 1.29 is 34.1 Å². The molecule has 10 heteroatoms. The summed E-state index contributed by atoms with van der Waals surface area (Å²) in [4.78, 5) is 36.0. The molecule has 0 saturated heterocycles. The highest BCUT2D eigenvalue weighted by molar-refractivity contribution is 5.94. The molecule has 1 unspecified atom stereocenters. The zero-order valence-corrected chi connectivity index (χ0v) is 19.5. The average molecular weight is 489 g/mol. The number of fused-ring (bicyclic) bond motifs is 1. The first-order valence-corrected chi connectivity index (χ1v) is 10.9. The lowest BCUT2D eigenvalue weighted by Crippen LogP contribution is -2.49. The standard InChI is InChI=1S/C26H23N3O7/c1-15(2)25(33)35-16(3)28-21-11-9-18(24(31)32)13-20(21)27-29(28)22-12-10-19(14-23(22)30)36-26(34)17-7-5-4-6-8-17/h4-14,16,27,30H,1H2,2-3H3,(H,31,32). The number of benzene rings is 3. The number of phenolic OH excluding ortho intramolecular Hbond substituents is 1. The number of hydrogen-bond donors (Lipinski definition) is 3. The van der Waals surface area contributed by atoms with Crippen LogP contribution in [0.2, 0.25) is 0 Å². The minimum Gasteiger partial charge on any atom is -0.505 e. The van der Waals surface area contributed by atoms with Gasteiger partial charge in [0.25, 0.3) is 0 Å². The second-order valence-corrected chi connectivity index (χ2v) is 8.00. The van der Waals surface area contributed by atoms with E-state index in [1.165, 1.54) is 47.4 Å². The molecule has 1 aliphatic rings. The first-order valence-electron chi connectivity index (χ1n) is 10.9. The monoisotopic (exact) mass is 489 g/mol. The highest BCUT2D eigenvalue weighted by Gasteiger charge is 2.35. The molecule has 0 bridgehead atoms. The number of aromatic carboxylic acids is 1. The van der Waals surface area contributed by atoms with Gasteiger partial charge in [-0.25, -0.2) is 19.4 Å². The lowest BCUT2D eigenvalue weighted by atomic mass is 10.1. The molecule has 0 aliphatic carbocycles. The SMILES string of the molecule is C=C(C)C(=O)OC(C)N1c2ccc(C(=O)O)cc2NN1c1ccc(OC(=O)c2ccccc2)cc1O. The van der Waals surface area contributed by atoms with Gasteiger partial charge in [0.15, 0.2) is 6.23 Å². The molecule has 10 nitrogen and oxygen atoms in total. The third-order valence-corrected chi connectivity index (χ3v) is 5.30. The van der Waals surface area contributed by atoms with Gasteiger partial charge in [-0.1, -0.05) is 24.8 Å². The summed E-state index contributed by atoms with van der Waals surface area (Å²) in [7, 11) is 0. The molecule has 4 rings (SSSR count). The number of carboxylic acids is 1. The number of nitrogens with zero attached hydrogens (tertiary/aromatic N) is 2. The summed E-state index contributed by atoms with van der Waals surface area (Å²) >= 11 is 0. The van der Waals surface area contributed by atoms with Crippen molar-refractivity contribution in [2.45, 2.75) is 20.1 Å². The van der Waals surface area contributed by atoms with Crippen LogP contribution in [0.25, 0.3) is 0 Å². The molecule has 0 fully saturated rings. The van der Waals surface area contributed by atoms with Gasteiger partial charge in [-0.15, -0.1) is 0 Å². The topological polar surface area (TPSA) is 129 Å². The number of anilines is 3. The molecular weight excluding hydrogens is 466 g/mol. The van der Waals surface area contributed by atoms with Gasteiger partial charge in [0.2, 0.25) is 0 Å². The molecule has 3 N–H and O–H groups in total. The summed E-state index contributed by atoms with van der Waals surface area (Å²) < 4.78 is 10.8. The van der Waals surface area contributed by atoms with E-state index in [4.69, 9.17) is 9.47 Å². The first-order chi connectivity index (χ1) is 17.2. The predicted molar refractivity (Wildman–Crippen MR) is 132 cm³/mol. The van der Waals surface area contributed by atoms with Crippen LogP contribution in [-0.2, 0) is 9.53 Å². The number of ether oxygens (including phenoxy) is 2. The molecule has 3 aromatic rings. The molecule has 0 aromatic heterocycles. The van der Waals surface area contributed by atoms with E-state index in [9.17, 15) is 24.6 Å². The van der Waals surface area contributed by atoms with Crippen LogP contribution in [-0.4, -0.2) is 34.3 Å². The molecule has 1 atom stereocenters. The summed E-state index contributed by atoms with van der Waals surface area (Å²) in [5.74, 6) is -2.46. The Hall–Kier alpha value is -4.99. The quantitative estimate of drug-likeness (QED) is 0.250. The predicted octanol–water partition coefficient (Wildman–Crippen LogP) is 4.34. The molecular formula is C26H23N3O7. The summed E-state index contributed by atoms with van der Waals surface area (Å²) in [6.45, 7) is 6.72. The molecule has 0 spiro atoms. The number of carbonyl (C=O) groups is 3. The van der Waals surface area contributed by atoms with Crippen molar-refractivity contribution in [1.29, 1.82) is 0 Å². The highest BCUT2D eigenvalue weighted by Crippen LogP contribution is 2.42. The van der Waals surface area contributed by atoms with Crippen LogP contribution in [0, 0.1) is 0 Å². The van der Waals surface area contributed by atoms with Crippen molar-refractivity contribution in [1.82, 2.24) is 0 Å². The largest absolute Gasteiger partial charge is 0.505 e.